The van der Waals surface area contributed by atoms with Crippen molar-refractivity contribution in [2.45, 2.75) is 6.42 Å². The second-order valence-electron chi connectivity index (χ2n) is 4.40. The number of nitrogens with two attached hydrogens (primary N) is 1. The molecule has 0 radical (unpaired) electrons. The number of halogens is 1. The minimum Gasteiger partial charge on any atom is -0.345 e. The highest BCUT2D eigenvalue weighted by molar-refractivity contribution is 9.10. The highest BCUT2D eigenvalue weighted by Gasteiger charge is 2.14. The Morgan fingerprint density at radius 1 is 1.42 bits per heavy atom. The fourth-order valence-corrected chi connectivity index (χ4v) is 2.66. The molecule has 0 amide bonds. The number of hydrogen-bond donors (Lipinski definition) is 2. The van der Waals surface area contributed by atoms with Crippen LogP contribution in [0.4, 0.5) is 0 Å². The SMILES string of the molecule is Cn1c(CCN)nc(-c2ccc3nc[nH]c3c2)c1Br. The van der Waals surface area contributed by atoms with Crippen LogP contribution in [0.5, 0.6) is 0 Å². The first-order valence-corrected chi connectivity index (χ1v) is 6.84. The van der Waals surface area contributed by atoms with Crippen molar-refractivity contribution in [1.29, 1.82) is 0 Å². The summed E-state index contributed by atoms with van der Waals surface area (Å²) in [7, 11) is 1.99. The van der Waals surface area contributed by atoms with Crippen LogP contribution in [0.1, 0.15) is 5.82 Å². The summed E-state index contributed by atoms with van der Waals surface area (Å²) < 4.78 is 2.99. The maximum atomic E-state index is 5.61. The lowest BCUT2D eigenvalue weighted by molar-refractivity contribution is 0.767. The first-order chi connectivity index (χ1) is 9.20. The summed E-state index contributed by atoms with van der Waals surface area (Å²) in [5.41, 5.74) is 9.56. The van der Waals surface area contributed by atoms with Gasteiger partial charge in [0.15, 0.2) is 0 Å². The van der Waals surface area contributed by atoms with Gasteiger partial charge in [-0.25, -0.2) is 9.97 Å². The number of fused-ring (bicyclic) bond motifs is 1. The van der Waals surface area contributed by atoms with Crippen molar-refractivity contribution in [3.8, 4) is 11.3 Å². The van der Waals surface area contributed by atoms with E-state index in [9.17, 15) is 0 Å². The van der Waals surface area contributed by atoms with Crippen molar-refractivity contribution in [3.63, 3.8) is 0 Å². The van der Waals surface area contributed by atoms with Crippen LogP contribution in [-0.4, -0.2) is 26.1 Å². The molecule has 0 fully saturated rings. The van der Waals surface area contributed by atoms with Gasteiger partial charge in [0.05, 0.1) is 17.4 Å². The molecule has 3 N–H and O–H groups in total. The largest absolute Gasteiger partial charge is 0.345 e. The molecule has 0 aliphatic rings. The van der Waals surface area contributed by atoms with Crippen LogP contribution in [-0.2, 0) is 13.5 Å². The van der Waals surface area contributed by atoms with Crippen molar-refractivity contribution in [2.24, 2.45) is 12.8 Å². The highest BCUT2D eigenvalue weighted by Crippen LogP contribution is 2.29. The van der Waals surface area contributed by atoms with Gasteiger partial charge >= 0.3 is 0 Å². The van der Waals surface area contributed by atoms with Crippen molar-refractivity contribution in [1.82, 2.24) is 19.5 Å². The first kappa shape index (κ1) is 12.4. The summed E-state index contributed by atoms with van der Waals surface area (Å²) in [4.78, 5) is 12.0. The quantitative estimate of drug-likeness (QED) is 0.777. The van der Waals surface area contributed by atoms with Crippen LogP contribution < -0.4 is 5.73 Å². The maximum absolute atomic E-state index is 5.61. The molecule has 19 heavy (non-hydrogen) atoms. The number of benzene rings is 1. The molecule has 3 rings (SSSR count). The molecule has 3 aromatic rings. The van der Waals surface area contributed by atoms with Crippen LogP contribution >= 0.6 is 15.9 Å². The van der Waals surface area contributed by atoms with E-state index < -0.39 is 0 Å². The van der Waals surface area contributed by atoms with Crippen molar-refractivity contribution >= 4 is 27.0 Å². The van der Waals surface area contributed by atoms with Gasteiger partial charge < -0.3 is 15.3 Å². The molecule has 2 aromatic heterocycles. The Balaban J connectivity index is 2.12. The molecule has 0 spiro atoms. The van der Waals surface area contributed by atoms with E-state index in [0.717, 1.165) is 39.1 Å². The summed E-state index contributed by atoms with van der Waals surface area (Å²) in [6.07, 6.45) is 2.46. The van der Waals surface area contributed by atoms with E-state index in [0.29, 0.717) is 6.54 Å². The van der Waals surface area contributed by atoms with Crippen LogP contribution in [0.15, 0.2) is 29.1 Å². The molecule has 5 nitrogen and oxygen atoms in total. The van der Waals surface area contributed by atoms with Gasteiger partial charge in [-0.2, -0.15) is 0 Å². The Bertz CT molecular complexity index is 728. The van der Waals surface area contributed by atoms with Crippen molar-refractivity contribution in [2.75, 3.05) is 6.54 Å². The Hall–Kier alpha value is -1.66. The molecule has 0 bridgehead atoms. The molecule has 98 valence electrons. The number of aromatic amines is 1. The van der Waals surface area contributed by atoms with Gasteiger partial charge in [0.1, 0.15) is 16.1 Å². The third-order valence-corrected chi connectivity index (χ3v) is 4.09. The number of H-pyrrole nitrogens is 1. The average molecular weight is 320 g/mol. The van der Waals surface area contributed by atoms with Gasteiger partial charge in [-0.05, 0) is 34.6 Å². The fourth-order valence-electron chi connectivity index (χ4n) is 2.14. The molecule has 6 heteroatoms. The lowest BCUT2D eigenvalue weighted by atomic mass is 10.1. The lowest BCUT2D eigenvalue weighted by Gasteiger charge is -2.00. The fraction of sp³-hybridized carbons (Fsp3) is 0.231. The standard InChI is InChI=1S/C13H14BrN5/c1-19-11(4-5-15)18-12(13(19)14)8-2-3-9-10(6-8)17-7-16-9/h2-3,6-7H,4-5,15H2,1H3,(H,16,17). The molecule has 1 aromatic carbocycles. The molecule has 0 saturated heterocycles. The van der Waals surface area contributed by atoms with Crippen LogP contribution in [0, 0.1) is 0 Å². The highest BCUT2D eigenvalue weighted by atomic mass is 79.9. The first-order valence-electron chi connectivity index (χ1n) is 6.05. The van der Waals surface area contributed by atoms with Crippen molar-refractivity contribution < 1.29 is 0 Å². The van der Waals surface area contributed by atoms with E-state index in [2.05, 4.69) is 36.9 Å². The monoisotopic (exact) mass is 319 g/mol. The van der Waals surface area contributed by atoms with Crippen LogP contribution in [0.3, 0.4) is 0 Å². The summed E-state index contributed by atoms with van der Waals surface area (Å²) in [6.45, 7) is 0.594. The molecule has 0 saturated carbocycles. The minimum absolute atomic E-state index is 0.594. The predicted molar refractivity (Wildman–Crippen MR) is 78.8 cm³/mol. The van der Waals surface area contributed by atoms with Gasteiger partial charge in [-0.3, -0.25) is 0 Å². The topological polar surface area (TPSA) is 72.5 Å². The maximum Gasteiger partial charge on any atom is 0.112 e. The van der Waals surface area contributed by atoms with Gasteiger partial charge in [0, 0.05) is 19.0 Å². The molecular weight excluding hydrogens is 306 g/mol. The number of aromatic nitrogens is 4. The van der Waals surface area contributed by atoms with E-state index in [-0.39, 0.29) is 0 Å². The molecular formula is C13H14BrN5. The zero-order chi connectivity index (χ0) is 13.4. The van der Waals surface area contributed by atoms with E-state index in [1.807, 2.05) is 23.7 Å². The Morgan fingerprint density at radius 3 is 3.05 bits per heavy atom. The van der Waals surface area contributed by atoms with Gasteiger partial charge in [-0.15, -0.1) is 0 Å². The van der Waals surface area contributed by atoms with E-state index in [1.54, 1.807) is 6.33 Å². The number of nitrogens with zero attached hydrogens (tertiary/aromatic N) is 3. The minimum atomic E-state index is 0.594. The summed E-state index contributed by atoms with van der Waals surface area (Å²) in [5.74, 6) is 0.981. The number of imidazole rings is 2. The number of hydrogen-bond acceptors (Lipinski definition) is 3. The van der Waals surface area contributed by atoms with Crippen LogP contribution in [0.2, 0.25) is 0 Å². The molecule has 0 aliphatic carbocycles. The third-order valence-electron chi connectivity index (χ3n) is 3.18. The summed E-state index contributed by atoms with van der Waals surface area (Å²) >= 11 is 3.60. The van der Waals surface area contributed by atoms with Crippen molar-refractivity contribution in [3.05, 3.63) is 35.0 Å². The number of rotatable bonds is 3. The average Bonchev–Trinajstić information content (AvgIpc) is 2.98. The molecule has 0 unspecified atom stereocenters. The Morgan fingerprint density at radius 2 is 2.26 bits per heavy atom. The second kappa shape index (κ2) is 4.79. The van der Waals surface area contributed by atoms with Gasteiger partial charge in [-0.1, -0.05) is 6.07 Å². The summed E-state index contributed by atoms with van der Waals surface area (Å²) in [5, 5.41) is 0. The molecule has 0 aliphatic heterocycles. The van der Waals surface area contributed by atoms with Gasteiger partial charge in [0.2, 0.25) is 0 Å². The zero-order valence-corrected chi connectivity index (χ0v) is 12.1. The Kier molecular flexibility index (Phi) is 3.12. The van der Waals surface area contributed by atoms with E-state index in [1.165, 1.54) is 0 Å². The predicted octanol–water partition coefficient (Wildman–Crippen LogP) is 2.23. The van der Waals surface area contributed by atoms with E-state index in [4.69, 9.17) is 5.73 Å². The second-order valence-corrected chi connectivity index (χ2v) is 5.15. The lowest BCUT2D eigenvalue weighted by Crippen LogP contribution is -2.07. The van der Waals surface area contributed by atoms with E-state index >= 15 is 0 Å². The summed E-state index contributed by atoms with van der Waals surface area (Å²) in [6, 6.07) is 6.08. The zero-order valence-electron chi connectivity index (χ0n) is 10.5. The number of nitrogens with one attached hydrogen (secondary N) is 1. The molecule has 0 atom stereocenters. The smallest absolute Gasteiger partial charge is 0.112 e. The van der Waals surface area contributed by atoms with Crippen LogP contribution in [0.25, 0.3) is 22.3 Å². The third kappa shape index (κ3) is 2.06. The normalized spacial score (nSPS) is 11.3. The molecule has 2 heterocycles. The van der Waals surface area contributed by atoms with Gasteiger partial charge in [0.25, 0.3) is 0 Å². The Labute approximate surface area is 119 Å².